The van der Waals surface area contributed by atoms with E-state index in [1.165, 1.54) is 6.92 Å². The lowest BCUT2D eigenvalue weighted by atomic mass is 9.75. The van der Waals surface area contributed by atoms with E-state index < -0.39 is 62.6 Å². The van der Waals surface area contributed by atoms with E-state index in [2.05, 4.69) is 5.32 Å². The second-order valence-electron chi connectivity index (χ2n) is 9.00. The molecule has 1 aliphatic rings. The van der Waals surface area contributed by atoms with E-state index in [-0.39, 0.29) is 31.7 Å². The molecule has 1 saturated carbocycles. The summed E-state index contributed by atoms with van der Waals surface area (Å²) in [6.45, 7) is 1.24. The van der Waals surface area contributed by atoms with E-state index in [9.17, 15) is 39.6 Å². The zero-order valence-corrected chi connectivity index (χ0v) is 20.2. The van der Waals surface area contributed by atoms with Gasteiger partial charge in [-0.2, -0.15) is 34.8 Å². The van der Waals surface area contributed by atoms with Crippen LogP contribution in [0, 0.1) is 0 Å². The highest BCUT2D eigenvalue weighted by molar-refractivity contribution is 7.86. The Balaban J connectivity index is 1.92. The van der Waals surface area contributed by atoms with Crippen molar-refractivity contribution >= 4 is 16.0 Å². The van der Waals surface area contributed by atoms with Crippen molar-refractivity contribution in [2.75, 3.05) is 6.26 Å². The van der Waals surface area contributed by atoms with Gasteiger partial charge in [0.2, 0.25) is 5.91 Å². The summed E-state index contributed by atoms with van der Waals surface area (Å²) in [5, 5.41) is 2.84. The van der Waals surface area contributed by atoms with Crippen molar-refractivity contribution in [1.82, 2.24) is 5.32 Å². The Hall–Kier alpha value is -2.60. The first-order chi connectivity index (χ1) is 16.5. The molecule has 0 heterocycles. The number of hydrogen-bond acceptors (Lipinski definition) is 4. The Bertz CT molecular complexity index is 1160. The quantitative estimate of drug-likeness (QED) is 0.376. The van der Waals surface area contributed by atoms with Crippen LogP contribution in [0.5, 0.6) is 0 Å². The molecule has 0 aliphatic heterocycles. The Morgan fingerprint density at radius 2 is 1.47 bits per heavy atom. The fourth-order valence-electron chi connectivity index (χ4n) is 4.39. The predicted molar refractivity (Wildman–Crippen MR) is 119 cm³/mol. The van der Waals surface area contributed by atoms with Crippen molar-refractivity contribution < 1.29 is 43.7 Å². The molecule has 12 heteroatoms. The molecular weight excluding hydrogens is 512 g/mol. The topological polar surface area (TPSA) is 72.5 Å². The fourth-order valence-corrected chi connectivity index (χ4v) is 5.08. The minimum Gasteiger partial charge on any atom is -0.346 e. The monoisotopic (exact) mass is 537 g/mol. The van der Waals surface area contributed by atoms with Gasteiger partial charge in [-0.15, -0.1) is 0 Å². The molecule has 0 unspecified atom stereocenters. The zero-order valence-electron chi connectivity index (χ0n) is 19.4. The Morgan fingerprint density at radius 1 is 0.972 bits per heavy atom. The van der Waals surface area contributed by atoms with Crippen LogP contribution in [0.4, 0.5) is 26.3 Å². The van der Waals surface area contributed by atoms with Gasteiger partial charge in [-0.05, 0) is 61.9 Å². The van der Waals surface area contributed by atoms with Gasteiger partial charge < -0.3 is 5.32 Å². The largest absolute Gasteiger partial charge is 0.416 e. The molecule has 1 fully saturated rings. The molecule has 2 aromatic rings. The second kappa shape index (κ2) is 10.0. The summed E-state index contributed by atoms with van der Waals surface area (Å²) in [6.07, 6.45) is -8.71. The molecule has 1 atom stereocenters. The molecule has 1 amide bonds. The molecular formula is C24H25F6NO4S. The van der Waals surface area contributed by atoms with Gasteiger partial charge in [-0.1, -0.05) is 30.3 Å². The Morgan fingerprint density at radius 3 is 1.92 bits per heavy atom. The maximum atomic E-state index is 13.3. The first kappa shape index (κ1) is 28.0. The van der Waals surface area contributed by atoms with Crippen molar-refractivity contribution in [2.45, 2.75) is 62.5 Å². The summed E-state index contributed by atoms with van der Waals surface area (Å²) >= 11 is 0. The van der Waals surface area contributed by atoms with Crippen molar-refractivity contribution in [3.63, 3.8) is 0 Å². The maximum Gasteiger partial charge on any atom is 0.416 e. The van der Waals surface area contributed by atoms with Crippen LogP contribution in [0.1, 0.15) is 60.8 Å². The normalized spacial score (nSPS) is 22.2. The minimum atomic E-state index is -5.03. The van der Waals surface area contributed by atoms with Gasteiger partial charge in [0, 0.05) is 0 Å². The maximum absolute atomic E-state index is 13.3. The average Bonchev–Trinajstić information content (AvgIpc) is 2.78. The van der Waals surface area contributed by atoms with Crippen LogP contribution in [0.2, 0.25) is 0 Å². The number of carbonyl (C=O) groups excluding carboxylic acids is 1. The lowest BCUT2D eigenvalue weighted by Gasteiger charge is -2.41. The van der Waals surface area contributed by atoms with Crippen molar-refractivity contribution in [3.8, 4) is 0 Å². The van der Waals surface area contributed by atoms with E-state index >= 15 is 0 Å². The molecule has 1 N–H and O–H groups in total. The molecule has 36 heavy (non-hydrogen) atoms. The average molecular weight is 538 g/mol. The molecule has 1 aliphatic carbocycles. The van der Waals surface area contributed by atoms with Crippen LogP contribution in [-0.2, 0) is 37.0 Å². The van der Waals surface area contributed by atoms with E-state index in [4.69, 9.17) is 4.18 Å². The molecule has 0 aromatic heterocycles. The molecule has 3 rings (SSSR count). The van der Waals surface area contributed by atoms with Crippen molar-refractivity contribution in [1.29, 1.82) is 0 Å². The van der Waals surface area contributed by atoms with Gasteiger partial charge in [-0.25, -0.2) is 0 Å². The van der Waals surface area contributed by atoms with Crippen LogP contribution < -0.4 is 5.32 Å². The summed E-state index contributed by atoms with van der Waals surface area (Å²) in [7, 11) is -3.70. The summed E-state index contributed by atoms with van der Waals surface area (Å²) < 4.78 is 108. The third-order valence-electron chi connectivity index (χ3n) is 6.29. The second-order valence-corrected chi connectivity index (χ2v) is 10.6. The van der Waals surface area contributed by atoms with E-state index in [1.54, 1.807) is 30.3 Å². The minimum absolute atomic E-state index is 0.0165. The number of halogens is 6. The van der Waals surface area contributed by atoms with Gasteiger partial charge in [0.25, 0.3) is 10.1 Å². The number of benzene rings is 2. The number of nitrogens with one attached hydrogen (secondary N) is 1. The van der Waals surface area contributed by atoms with Crippen LogP contribution in [0.3, 0.4) is 0 Å². The highest BCUT2D eigenvalue weighted by Crippen LogP contribution is 2.41. The van der Waals surface area contributed by atoms with Gasteiger partial charge in [-0.3, -0.25) is 8.98 Å². The molecule has 0 bridgehead atoms. The van der Waals surface area contributed by atoms with Crippen molar-refractivity contribution in [3.05, 3.63) is 70.8 Å². The number of carbonyl (C=O) groups is 1. The zero-order chi connectivity index (χ0) is 26.9. The summed E-state index contributed by atoms with van der Waals surface area (Å²) in [4.78, 5) is 13.2. The predicted octanol–water partition coefficient (Wildman–Crippen LogP) is 5.76. The van der Waals surface area contributed by atoms with Gasteiger partial charge in [0.05, 0.1) is 34.9 Å². The summed E-state index contributed by atoms with van der Waals surface area (Å²) in [5.41, 5.74) is -3.74. The van der Waals surface area contributed by atoms with Crippen molar-refractivity contribution in [2.24, 2.45) is 0 Å². The van der Waals surface area contributed by atoms with Crippen LogP contribution in [0.15, 0.2) is 48.5 Å². The molecule has 198 valence electrons. The number of alkyl halides is 6. The van der Waals surface area contributed by atoms with Gasteiger partial charge in [0.1, 0.15) is 0 Å². The molecule has 2 aromatic carbocycles. The standard InChI is InChI=1S/C24H25F6NO4S/c1-15(16-12-18(23(25,26)27)14-19(13-16)24(28,29)30)21(32)31-22(17-6-4-3-5-7-17)10-8-20(9-11-22)35-36(2,33)34/h3-7,12-15,20H,8-11H2,1-2H3,(H,31,32)/t15-,20?,22?/m0/s1. The first-order valence-electron chi connectivity index (χ1n) is 11.1. The Kier molecular flexibility index (Phi) is 7.81. The Labute approximate surface area is 205 Å². The van der Waals surface area contributed by atoms with Crippen LogP contribution in [-0.4, -0.2) is 26.7 Å². The molecule has 0 spiro atoms. The molecule has 0 saturated heterocycles. The van der Waals surface area contributed by atoms with Crippen LogP contribution in [0.25, 0.3) is 0 Å². The lowest BCUT2D eigenvalue weighted by molar-refractivity contribution is -0.143. The summed E-state index contributed by atoms with van der Waals surface area (Å²) in [6, 6.07) is 9.81. The van der Waals surface area contributed by atoms with Crippen LogP contribution >= 0.6 is 0 Å². The van der Waals surface area contributed by atoms with E-state index in [0.717, 1.165) is 6.26 Å². The first-order valence-corrected chi connectivity index (χ1v) is 12.9. The van der Waals surface area contributed by atoms with Gasteiger partial charge in [0.15, 0.2) is 0 Å². The molecule has 0 radical (unpaired) electrons. The smallest absolute Gasteiger partial charge is 0.346 e. The molecule has 5 nitrogen and oxygen atoms in total. The third-order valence-corrected chi connectivity index (χ3v) is 6.91. The summed E-state index contributed by atoms with van der Waals surface area (Å²) in [5.74, 6) is -2.09. The third kappa shape index (κ3) is 6.78. The lowest BCUT2D eigenvalue weighted by Crippen LogP contribution is -2.50. The highest BCUT2D eigenvalue weighted by Gasteiger charge is 2.41. The van der Waals surface area contributed by atoms with E-state index in [1.807, 2.05) is 0 Å². The fraction of sp³-hybridized carbons (Fsp3) is 0.458. The number of hydrogen-bond donors (Lipinski definition) is 1. The van der Waals surface area contributed by atoms with E-state index in [0.29, 0.717) is 17.7 Å². The highest BCUT2D eigenvalue weighted by atomic mass is 32.2. The SMILES string of the molecule is C[C@H](C(=O)NC1(c2ccccc2)CCC(OS(C)(=O)=O)CC1)c1cc(C(F)(F)F)cc(C(F)(F)F)c1. The number of rotatable bonds is 6. The number of amides is 1. The van der Waals surface area contributed by atoms with Gasteiger partial charge >= 0.3 is 12.4 Å².